The van der Waals surface area contributed by atoms with E-state index in [0.717, 1.165) is 31.2 Å². The number of sulfone groups is 1. The van der Waals surface area contributed by atoms with Crippen molar-refractivity contribution in [2.45, 2.75) is 38.0 Å². The number of halogens is 2. The molecule has 0 atom stereocenters. The molecular formula is C24H25F2NO4S. The first-order chi connectivity index (χ1) is 15.1. The molecule has 0 saturated heterocycles. The second kappa shape index (κ2) is 9.65. The number of carbonyl (C=O) groups is 1. The van der Waals surface area contributed by atoms with Gasteiger partial charge < -0.3 is 9.30 Å². The maximum Gasteiger partial charge on any atom is 0.310 e. The number of nitrogens with zero attached hydrogens (tertiary/aromatic N) is 1. The van der Waals surface area contributed by atoms with E-state index in [9.17, 15) is 22.0 Å². The number of rotatable bonds is 8. The molecule has 1 heterocycles. The summed E-state index contributed by atoms with van der Waals surface area (Å²) in [5, 5.41) is 0. The van der Waals surface area contributed by atoms with Gasteiger partial charge in [-0.1, -0.05) is 13.3 Å². The lowest BCUT2D eigenvalue weighted by Gasteiger charge is -2.16. The zero-order valence-corrected chi connectivity index (χ0v) is 19.0. The first-order valence-electron chi connectivity index (χ1n) is 10.2. The Morgan fingerprint density at radius 3 is 2.50 bits per heavy atom. The van der Waals surface area contributed by atoms with Crippen LogP contribution in [0, 0.1) is 18.6 Å². The summed E-state index contributed by atoms with van der Waals surface area (Å²) in [6.45, 7) is 4.11. The van der Waals surface area contributed by atoms with Crippen LogP contribution in [0.15, 0.2) is 53.7 Å². The first-order valence-corrected chi connectivity index (χ1v) is 12.1. The molecule has 1 aromatic heterocycles. The second-order valence-electron chi connectivity index (χ2n) is 7.69. The Kier molecular flexibility index (Phi) is 7.13. The summed E-state index contributed by atoms with van der Waals surface area (Å²) in [6.07, 6.45) is 6.29. The Morgan fingerprint density at radius 2 is 1.84 bits per heavy atom. The third-order valence-electron chi connectivity index (χ3n) is 5.14. The summed E-state index contributed by atoms with van der Waals surface area (Å²) >= 11 is 0. The van der Waals surface area contributed by atoms with E-state index in [2.05, 4.69) is 0 Å². The third kappa shape index (κ3) is 5.43. The molecule has 3 aromatic rings. The van der Waals surface area contributed by atoms with Gasteiger partial charge in [-0.25, -0.2) is 17.2 Å². The van der Waals surface area contributed by atoms with Gasteiger partial charge in [0.2, 0.25) is 0 Å². The van der Waals surface area contributed by atoms with Crippen molar-refractivity contribution in [1.82, 2.24) is 4.57 Å². The van der Waals surface area contributed by atoms with Crippen LogP contribution >= 0.6 is 0 Å². The molecule has 0 aliphatic rings. The van der Waals surface area contributed by atoms with Crippen molar-refractivity contribution >= 4 is 15.8 Å². The molecule has 8 heteroatoms. The molecule has 0 bridgehead atoms. The normalized spacial score (nSPS) is 11.5. The quantitative estimate of drug-likeness (QED) is 0.349. The number of hydrogen-bond acceptors (Lipinski definition) is 4. The van der Waals surface area contributed by atoms with E-state index in [1.165, 1.54) is 18.2 Å². The minimum atomic E-state index is -3.61. The summed E-state index contributed by atoms with van der Waals surface area (Å²) in [5.74, 6) is -1.84. The Bertz CT molecular complexity index is 1250. The summed E-state index contributed by atoms with van der Waals surface area (Å²) in [4.78, 5) is 12.0. The van der Waals surface area contributed by atoms with Crippen LogP contribution in [0.2, 0.25) is 0 Å². The molecule has 0 radical (unpaired) electrons. The fourth-order valence-electron chi connectivity index (χ4n) is 3.39. The highest BCUT2D eigenvalue weighted by molar-refractivity contribution is 7.90. The van der Waals surface area contributed by atoms with Gasteiger partial charge in [-0.2, -0.15) is 0 Å². The molecule has 0 amide bonds. The number of unbranched alkanes of at least 4 members (excludes halogenated alkanes) is 1. The van der Waals surface area contributed by atoms with Crippen LogP contribution in [-0.2, 0) is 25.8 Å². The van der Waals surface area contributed by atoms with Gasteiger partial charge in [-0.15, -0.1) is 0 Å². The number of ether oxygens (including phenoxy) is 1. The number of aromatic nitrogens is 1. The van der Waals surface area contributed by atoms with Gasteiger partial charge in [0.25, 0.3) is 0 Å². The van der Waals surface area contributed by atoms with E-state index in [4.69, 9.17) is 4.74 Å². The molecular weight excluding hydrogens is 436 g/mol. The lowest BCUT2D eigenvalue weighted by molar-refractivity contribution is -0.142. The van der Waals surface area contributed by atoms with Crippen LogP contribution in [0.1, 0.15) is 30.9 Å². The zero-order valence-electron chi connectivity index (χ0n) is 18.2. The van der Waals surface area contributed by atoms with Crippen LogP contribution in [0.3, 0.4) is 0 Å². The Morgan fingerprint density at radius 1 is 1.09 bits per heavy atom. The average Bonchev–Trinajstić information content (AvgIpc) is 3.16. The third-order valence-corrected chi connectivity index (χ3v) is 6.24. The zero-order chi connectivity index (χ0) is 23.5. The topological polar surface area (TPSA) is 65.4 Å². The molecule has 32 heavy (non-hydrogen) atoms. The van der Waals surface area contributed by atoms with Crippen LogP contribution in [0.25, 0.3) is 16.8 Å². The van der Waals surface area contributed by atoms with Crippen molar-refractivity contribution in [1.29, 1.82) is 0 Å². The van der Waals surface area contributed by atoms with E-state index in [-0.39, 0.29) is 22.8 Å². The standard InChI is InChI=1S/C24H25F2NO4S/c1-4-5-10-31-24(28)11-17-8-9-27(15-17)23-14-19(32(3,29)30)13-21(16(23)2)20-7-6-18(25)12-22(20)26/h6-9,12-15H,4-5,10-11H2,1-3H3. The number of benzene rings is 2. The summed E-state index contributed by atoms with van der Waals surface area (Å²) in [5.41, 5.74) is 2.26. The minimum absolute atomic E-state index is 0.00560. The molecule has 0 spiro atoms. The van der Waals surface area contributed by atoms with Gasteiger partial charge in [-0.05, 0) is 60.4 Å². The fourth-order valence-corrected chi connectivity index (χ4v) is 4.04. The number of carbonyl (C=O) groups excluding carboxylic acids is 1. The Hall–Kier alpha value is -3.00. The highest BCUT2D eigenvalue weighted by Crippen LogP contribution is 2.33. The van der Waals surface area contributed by atoms with Gasteiger partial charge in [0.1, 0.15) is 11.6 Å². The SMILES string of the molecule is CCCCOC(=O)Cc1ccn(-c2cc(S(C)(=O)=O)cc(-c3ccc(F)cc3F)c2C)c1. The van der Waals surface area contributed by atoms with E-state index >= 15 is 0 Å². The minimum Gasteiger partial charge on any atom is -0.465 e. The predicted octanol–water partition coefficient (Wildman–Crippen LogP) is 5.02. The molecule has 0 unspecified atom stereocenters. The number of hydrogen-bond donors (Lipinski definition) is 0. The lowest BCUT2D eigenvalue weighted by Crippen LogP contribution is -2.08. The van der Waals surface area contributed by atoms with Crippen molar-refractivity contribution in [3.8, 4) is 16.8 Å². The molecule has 0 saturated carbocycles. The molecule has 0 aliphatic carbocycles. The number of esters is 1. The van der Waals surface area contributed by atoms with E-state index in [1.54, 1.807) is 30.0 Å². The van der Waals surface area contributed by atoms with E-state index in [0.29, 0.717) is 29.0 Å². The van der Waals surface area contributed by atoms with E-state index in [1.807, 2.05) is 6.92 Å². The molecule has 0 aliphatic heterocycles. The summed E-state index contributed by atoms with van der Waals surface area (Å²) in [7, 11) is -3.61. The van der Waals surface area contributed by atoms with Gasteiger partial charge in [0.05, 0.1) is 17.9 Å². The molecule has 3 rings (SSSR count). The van der Waals surface area contributed by atoms with Crippen LogP contribution in [-0.4, -0.2) is 31.8 Å². The second-order valence-corrected chi connectivity index (χ2v) is 9.70. The smallest absolute Gasteiger partial charge is 0.310 e. The van der Waals surface area contributed by atoms with Gasteiger partial charge in [-0.3, -0.25) is 4.79 Å². The Balaban J connectivity index is 2.04. The van der Waals surface area contributed by atoms with Crippen molar-refractivity contribution in [2.75, 3.05) is 12.9 Å². The maximum atomic E-state index is 14.5. The van der Waals surface area contributed by atoms with Crippen LogP contribution in [0.5, 0.6) is 0 Å². The molecule has 0 fully saturated rings. The van der Waals surface area contributed by atoms with Crippen molar-refractivity contribution < 1.29 is 26.7 Å². The van der Waals surface area contributed by atoms with Gasteiger partial charge in [0.15, 0.2) is 9.84 Å². The van der Waals surface area contributed by atoms with Gasteiger partial charge >= 0.3 is 5.97 Å². The highest BCUT2D eigenvalue weighted by atomic mass is 32.2. The molecule has 5 nitrogen and oxygen atoms in total. The van der Waals surface area contributed by atoms with E-state index < -0.39 is 21.5 Å². The van der Waals surface area contributed by atoms with Crippen LogP contribution < -0.4 is 0 Å². The lowest BCUT2D eigenvalue weighted by atomic mass is 9.98. The average molecular weight is 462 g/mol. The highest BCUT2D eigenvalue weighted by Gasteiger charge is 2.19. The summed E-state index contributed by atoms with van der Waals surface area (Å²) in [6, 6.07) is 7.81. The fraction of sp³-hybridized carbons (Fsp3) is 0.292. The monoisotopic (exact) mass is 461 g/mol. The maximum absolute atomic E-state index is 14.5. The van der Waals surface area contributed by atoms with Gasteiger partial charge in [0, 0.05) is 36.0 Å². The van der Waals surface area contributed by atoms with Crippen molar-refractivity contribution in [3.05, 3.63) is 71.6 Å². The molecule has 0 N–H and O–H groups in total. The predicted molar refractivity (Wildman–Crippen MR) is 119 cm³/mol. The molecule has 170 valence electrons. The van der Waals surface area contributed by atoms with Crippen molar-refractivity contribution in [2.24, 2.45) is 0 Å². The van der Waals surface area contributed by atoms with Crippen LogP contribution in [0.4, 0.5) is 8.78 Å². The summed E-state index contributed by atoms with van der Waals surface area (Å²) < 4.78 is 59.4. The first kappa shape index (κ1) is 23.7. The molecule has 2 aromatic carbocycles. The Labute approximate surface area is 186 Å². The largest absolute Gasteiger partial charge is 0.465 e. The van der Waals surface area contributed by atoms with Crippen molar-refractivity contribution in [3.63, 3.8) is 0 Å².